The molecule has 0 fully saturated rings. The van der Waals surface area contributed by atoms with Crippen molar-refractivity contribution >= 4 is 5.91 Å². The molecule has 1 atom stereocenters. The van der Waals surface area contributed by atoms with E-state index in [0.29, 0.717) is 6.42 Å². The third kappa shape index (κ3) is 3.66. The first-order valence-electron chi connectivity index (χ1n) is 6.78. The first-order chi connectivity index (χ1) is 9.99. The summed E-state index contributed by atoms with van der Waals surface area (Å²) in [5, 5.41) is 2.69. The maximum absolute atomic E-state index is 13.6. The van der Waals surface area contributed by atoms with Gasteiger partial charge in [0.25, 0.3) is 5.91 Å². The molecule has 0 bridgehead atoms. The van der Waals surface area contributed by atoms with Crippen LogP contribution in [0, 0.1) is 18.6 Å². The topological polar surface area (TPSA) is 29.1 Å². The fourth-order valence-corrected chi connectivity index (χ4v) is 2.20. The zero-order chi connectivity index (χ0) is 15.4. The molecule has 1 amide bonds. The average Bonchev–Trinajstić information content (AvgIpc) is 2.44. The lowest BCUT2D eigenvalue weighted by atomic mass is 10.0. The van der Waals surface area contributed by atoms with E-state index >= 15 is 0 Å². The van der Waals surface area contributed by atoms with Gasteiger partial charge in [-0.3, -0.25) is 4.79 Å². The summed E-state index contributed by atoms with van der Waals surface area (Å²) in [6, 6.07) is 11.3. The van der Waals surface area contributed by atoms with E-state index in [2.05, 4.69) is 5.32 Å². The molecule has 2 aromatic carbocycles. The van der Waals surface area contributed by atoms with Gasteiger partial charge in [-0.15, -0.1) is 0 Å². The van der Waals surface area contributed by atoms with Gasteiger partial charge in [0, 0.05) is 6.04 Å². The number of hydrogen-bond acceptors (Lipinski definition) is 1. The van der Waals surface area contributed by atoms with Crippen molar-refractivity contribution in [3.05, 3.63) is 70.8 Å². The van der Waals surface area contributed by atoms with Crippen molar-refractivity contribution < 1.29 is 13.6 Å². The molecule has 2 aromatic rings. The first-order valence-corrected chi connectivity index (χ1v) is 6.78. The molecule has 0 radical (unpaired) electrons. The molecule has 21 heavy (non-hydrogen) atoms. The van der Waals surface area contributed by atoms with Crippen LogP contribution in [0.2, 0.25) is 0 Å². The smallest absolute Gasteiger partial charge is 0.254 e. The van der Waals surface area contributed by atoms with Gasteiger partial charge < -0.3 is 5.32 Å². The Bertz CT molecular complexity index is 655. The second kappa shape index (κ2) is 6.48. The number of rotatable bonds is 4. The molecule has 0 aromatic heterocycles. The van der Waals surface area contributed by atoms with Crippen LogP contribution in [0.3, 0.4) is 0 Å². The number of hydrogen-bond donors (Lipinski definition) is 1. The minimum Gasteiger partial charge on any atom is -0.349 e. The Balaban J connectivity index is 2.06. The number of carbonyl (C=O) groups is 1. The molecule has 110 valence electrons. The second-order valence-electron chi connectivity index (χ2n) is 5.11. The monoisotopic (exact) mass is 289 g/mol. The van der Waals surface area contributed by atoms with Gasteiger partial charge in [0.1, 0.15) is 0 Å². The molecular weight excluding hydrogens is 272 g/mol. The molecule has 1 N–H and O–H groups in total. The van der Waals surface area contributed by atoms with E-state index in [0.717, 1.165) is 17.2 Å². The van der Waals surface area contributed by atoms with Gasteiger partial charge in [-0.25, -0.2) is 8.78 Å². The maximum Gasteiger partial charge on any atom is 0.254 e. The number of benzene rings is 2. The van der Waals surface area contributed by atoms with Crippen LogP contribution in [0.4, 0.5) is 8.78 Å². The molecule has 2 rings (SSSR count). The zero-order valence-electron chi connectivity index (χ0n) is 12.0. The summed E-state index contributed by atoms with van der Waals surface area (Å²) in [5.74, 6) is -2.74. The highest BCUT2D eigenvalue weighted by Gasteiger charge is 2.17. The molecule has 0 spiro atoms. The van der Waals surface area contributed by atoms with Crippen LogP contribution in [0.25, 0.3) is 0 Å². The molecule has 4 heteroatoms. The predicted molar refractivity (Wildman–Crippen MR) is 78.2 cm³/mol. The fraction of sp³-hybridized carbons (Fsp3) is 0.235. The van der Waals surface area contributed by atoms with E-state index in [9.17, 15) is 13.6 Å². The van der Waals surface area contributed by atoms with Gasteiger partial charge in [-0.05, 0) is 43.5 Å². The molecule has 0 aliphatic carbocycles. The van der Waals surface area contributed by atoms with Gasteiger partial charge >= 0.3 is 0 Å². The Morgan fingerprint density at radius 2 is 1.86 bits per heavy atom. The highest BCUT2D eigenvalue weighted by atomic mass is 19.2. The average molecular weight is 289 g/mol. The first kappa shape index (κ1) is 15.2. The lowest BCUT2D eigenvalue weighted by Crippen LogP contribution is -2.34. The number of amides is 1. The summed E-state index contributed by atoms with van der Waals surface area (Å²) in [7, 11) is 0. The summed E-state index contributed by atoms with van der Waals surface area (Å²) >= 11 is 0. The van der Waals surface area contributed by atoms with Crippen LogP contribution < -0.4 is 5.32 Å². The molecule has 0 saturated heterocycles. The van der Waals surface area contributed by atoms with E-state index in [4.69, 9.17) is 0 Å². The minimum atomic E-state index is -1.11. The maximum atomic E-state index is 13.6. The Morgan fingerprint density at radius 1 is 1.14 bits per heavy atom. The summed E-state index contributed by atoms with van der Waals surface area (Å²) < 4.78 is 26.7. The summed E-state index contributed by atoms with van der Waals surface area (Å²) in [5.41, 5.74) is 1.98. The van der Waals surface area contributed by atoms with Gasteiger partial charge in [-0.1, -0.05) is 30.3 Å². The van der Waals surface area contributed by atoms with Crippen LogP contribution in [-0.4, -0.2) is 11.9 Å². The largest absolute Gasteiger partial charge is 0.349 e. The van der Waals surface area contributed by atoms with Gasteiger partial charge in [0.2, 0.25) is 0 Å². The summed E-state index contributed by atoms with van der Waals surface area (Å²) in [6.07, 6.45) is 0.634. The predicted octanol–water partition coefficient (Wildman–Crippen LogP) is 3.63. The quantitative estimate of drug-likeness (QED) is 0.915. The van der Waals surface area contributed by atoms with Crippen molar-refractivity contribution in [2.45, 2.75) is 26.3 Å². The second-order valence-corrected chi connectivity index (χ2v) is 5.11. The van der Waals surface area contributed by atoms with Crippen molar-refractivity contribution in [3.8, 4) is 0 Å². The normalized spacial score (nSPS) is 12.0. The van der Waals surface area contributed by atoms with Crippen LogP contribution in [0.15, 0.2) is 42.5 Å². The van der Waals surface area contributed by atoms with E-state index in [-0.39, 0.29) is 11.6 Å². The minimum absolute atomic E-state index is 0.179. The molecule has 0 saturated carbocycles. The third-order valence-electron chi connectivity index (χ3n) is 3.36. The number of aryl methyl sites for hydroxylation is 1. The summed E-state index contributed by atoms with van der Waals surface area (Å²) in [4.78, 5) is 12.0. The Kier molecular flexibility index (Phi) is 4.68. The number of nitrogens with one attached hydrogen (secondary N) is 1. The lowest BCUT2D eigenvalue weighted by molar-refractivity contribution is 0.0935. The number of carbonyl (C=O) groups excluding carboxylic acids is 1. The molecule has 0 aliphatic rings. The third-order valence-corrected chi connectivity index (χ3v) is 3.36. The van der Waals surface area contributed by atoms with Gasteiger partial charge in [0.15, 0.2) is 11.6 Å². The van der Waals surface area contributed by atoms with Crippen molar-refractivity contribution in [3.63, 3.8) is 0 Å². The van der Waals surface area contributed by atoms with E-state index in [1.165, 1.54) is 12.1 Å². The summed E-state index contributed by atoms with van der Waals surface area (Å²) in [6.45, 7) is 3.83. The van der Waals surface area contributed by atoms with Crippen LogP contribution in [0.1, 0.15) is 28.4 Å². The van der Waals surface area contributed by atoms with Crippen molar-refractivity contribution in [1.82, 2.24) is 5.32 Å². The Labute approximate surface area is 122 Å². The Hall–Kier alpha value is -2.23. The SMILES string of the molecule is Cc1ccccc1CC(C)NC(=O)c1cccc(F)c1F. The van der Waals surface area contributed by atoms with Crippen molar-refractivity contribution in [2.24, 2.45) is 0 Å². The standard InChI is InChI=1S/C17H17F2NO/c1-11-6-3-4-7-13(11)10-12(2)20-17(21)14-8-5-9-15(18)16(14)19/h3-9,12H,10H2,1-2H3,(H,20,21). The van der Waals surface area contributed by atoms with E-state index in [1.807, 2.05) is 38.1 Å². The van der Waals surface area contributed by atoms with Gasteiger partial charge in [-0.2, -0.15) is 0 Å². The molecule has 2 nitrogen and oxygen atoms in total. The highest BCUT2D eigenvalue weighted by molar-refractivity contribution is 5.94. The fourth-order valence-electron chi connectivity index (χ4n) is 2.20. The van der Waals surface area contributed by atoms with Crippen molar-refractivity contribution in [2.75, 3.05) is 0 Å². The highest BCUT2D eigenvalue weighted by Crippen LogP contribution is 2.13. The Morgan fingerprint density at radius 3 is 2.57 bits per heavy atom. The van der Waals surface area contributed by atoms with Gasteiger partial charge in [0.05, 0.1) is 5.56 Å². The van der Waals surface area contributed by atoms with Crippen LogP contribution in [0.5, 0.6) is 0 Å². The molecule has 0 heterocycles. The molecular formula is C17H17F2NO. The van der Waals surface area contributed by atoms with Crippen molar-refractivity contribution in [1.29, 1.82) is 0 Å². The van der Waals surface area contributed by atoms with E-state index < -0.39 is 17.5 Å². The van der Waals surface area contributed by atoms with Crippen LogP contribution in [-0.2, 0) is 6.42 Å². The van der Waals surface area contributed by atoms with Crippen LogP contribution >= 0.6 is 0 Å². The number of halogens is 2. The molecule has 0 aliphatic heterocycles. The van der Waals surface area contributed by atoms with E-state index in [1.54, 1.807) is 0 Å². The lowest BCUT2D eigenvalue weighted by Gasteiger charge is -2.15. The molecule has 1 unspecified atom stereocenters. The zero-order valence-corrected chi connectivity index (χ0v) is 12.0.